The van der Waals surface area contributed by atoms with E-state index in [1.54, 1.807) is 37.3 Å². The van der Waals surface area contributed by atoms with E-state index in [2.05, 4.69) is 9.82 Å². The lowest BCUT2D eigenvalue weighted by Gasteiger charge is -2.22. The van der Waals surface area contributed by atoms with Gasteiger partial charge < -0.3 is 0 Å². The zero-order valence-corrected chi connectivity index (χ0v) is 17.9. The van der Waals surface area contributed by atoms with E-state index in [9.17, 15) is 13.2 Å². The Morgan fingerprint density at radius 1 is 1.00 bits per heavy atom. The predicted molar refractivity (Wildman–Crippen MR) is 122 cm³/mol. The molecule has 1 N–H and O–H groups in total. The summed E-state index contributed by atoms with van der Waals surface area (Å²) in [5.41, 5.74) is 3.55. The van der Waals surface area contributed by atoms with Gasteiger partial charge in [-0.1, -0.05) is 60.7 Å². The number of hydrogen-bond acceptors (Lipinski definition) is 4. The topological polar surface area (TPSA) is 78.8 Å². The summed E-state index contributed by atoms with van der Waals surface area (Å²) in [6.07, 6.45) is 0.534. The number of rotatable bonds is 6. The van der Waals surface area contributed by atoms with Gasteiger partial charge in [-0.2, -0.15) is 5.10 Å². The second kappa shape index (κ2) is 8.73. The van der Waals surface area contributed by atoms with E-state index in [1.807, 2.05) is 54.6 Å². The van der Waals surface area contributed by atoms with Crippen molar-refractivity contribution in [2.75, 3.05) is 10.5 Å². The van der Waals surface area contributed by atoms with Crippen LogP contribution < -0.4 is 4.72 Å². The average Bonchev–Trinajstić information content (AvgIpc) is 3.25. The molecule has 1 unspecified atom stereocenters. The van der Waals surface area contributed by atoms with Gasteiger partial charge in [0.05, 0.1) is 17.5 Å². The first kappa shape index (κ1) is 20.8. The van der Waals surface area contributed by atoms with Gasteiger partial charge in [-0.3, -0.25) is 9.52 Å². The van der Waals surface area contributed by atoms with Gasteiger partial charge in [0.25, 0.3) is 5.91 Å². The zero-order valence-electron chi connectivity index (χ0n) is 17.1. The Morgan fingerprint density at radius 2 is 1.68 bits per heavy atom. The van der Waals surface area contributed by atoms with Crippen LogP contribution in [0.4, 0.5) is 5.69 Å². The Balaban J connectivity index is 1.69. The molecule has 31 heavy (non-hydrogen) atoms. The number of carbonyl (C=O) groups is 1. The molecular weight excluding hydrogens is 410 g/mol. The molecule has 1 amide bonds. The second-order valence-electron chi connectivity index (χ2n) is 7.28. The highest BCUT2D eigenvalue weighted by molar-refractivity contribution is 7.92. The van der Waals surface area contributed by atoms with E-state index in [0.29, 0.717) is 17.7 Å². The molecule has 1 heterocycles. The summed E-state index contributed by atoms with van der Waals surface area (Å²) in [5, 5.41) is 6.20. The SMILES string of the molecule is CCS(=O)(=O)Nc1cccc(C2=NN(C(=O)c3ccccc3)C(c3ccccc3)C2)c1. The normalized spacial score (nSPS) is 16.1. The van der Waals surface area contributed by atoms with Crippen LogP contribution in [0.3, 0.4) is 0 Å². The van der Waals surface area contributed by atoms with Crippen LogP contribution in [0.2, 0.25) is 0 Å². The molecule has 0 bridgehead atoms. The van der Waals surface area contributed by atoms with Crippen molar-refractivity contribution in [3.05, 3.63) is 102 Å². The van der Waals surface area contributed by atoms with E-state index >= 15 is 0 Å². The third-order valence-electron chi connectivity index (χ3n) is 5.17. The smallest absolute Gasteiger partial charge is 0.274 e. The Hall–Kier alpha value is -3.45. The molecule has 0 saturated heterocycles. The first-order valence-electron chi connectivity index (χ1n) is 10.1. The molecule has 7 heteroatoms. The number of hydrogen-bond donors (Lipinski definition) is 1. The van der Waals surface area contributed by atoms with Crippen molar-refractivity contribution in [1.29, 1.82) is 0 Å². The molecule has 0 aromatic heterocycles. The Morgan fingerprint density at radius 3 is 2.35 bits per heavy atom. The first-order valence-corrected chi connectivity index (χ1v) is 11.7. The van der Waals surface area contributed by atoms with Crippen molar-refractivity contribution in [2.24, 2.45) is 5.10 Å². The molecule has 0 spiro atoms. The fourth-order valence-corrected chi connectivity index (χ4v) is 4.16. The van der Waals surface area contributed by atoms with Gasteiger partial charge in [0.15, 0.2) is 0 Å². The molecule has 0 radical (unpaired) electrons. The van der Waals surface area contributed by atoms with E-state index in [4.69, 9.17) is 0 Å². The molecule has 4 rings (SSSR count). The molecular formula is C24H23N3O3S. The summed E-state index contributed by atoms with van der Waals surface area (Å²) in [7, 11) is -3.38. The number of benzene rings is 3. The highest BCUT2D eigenvalue weighted by Crippen LogP contribution is 2.34. The lowest BCUT2D eigenvalue weighted by molar-refractivity contribution is 0.0711. The van der Waals surface area contributed by atoms with Gasteiger partial charge in [-0.15, -0.1) is 0 Å². The quantitative estimate of drug-likeness (QED) is 0.624. The Bertz CT molecular complexity index is 1210. The number of sulfonamides is 1. The van der Waals surface area contributed by atoms with E-state index in [-0.39, 0.29) is 17.7 Å². The van der Waals surface area contributed by atoms with Crippen molar-refractivity contribution < 1.29 is 13.2 Å². The van der Waals surface area contributed by atoms with Crippen LogP contribution in [0.1, 0.15) is 40.9 Å². The molecule has 1 atom stereocenters. The van der Waals surface area contributed by atoms with Crippen molar-refractivity contribution in [3.63, 3.8) is 0 Å². The predicted octanol–water partition coefficient (Wildman–Crippen LogP) is 4.44. The Kier molecular flexibility index (Phi) is 5.86. The first-order chi connectivity index (χ1) is 15.0. The minimum Gasteiger partial charge on any atom is -0.284 e. The maximum absolute atomic E-state index is 13.2. The van der Waals surface area contributed by atoms with Gasteiger partial charge in [0.1, 0.15) is 0 Å². The van der Waals surface area contributed by atoms with Crippen LogP contribution in [0.25, 0.3) is 0 Å². The maximum atomic E-state index is 13.2. The number of anilines is 1. The lowest BCUT2D eigenvalue weighted by atomic mass is 9.98. The molecule has 3 aromatic rings. The molecule has 6 nitrogen and oxygen atoms in total. The largest absolute Gasteiger partial charge is 0.284 e. The van der Waals surface area contributed by atoms with E-state index < -0.39 is 10.0 Å². The van der Waals surface area contributed by atoms with Crippen LogP contribution in [-0.2, 0) is 10.0 Å². The number of nitrogens with zero attached hydrogens (tertiary/aromatic N) is 2. The van der Waals surface area contributed by atoms with Gasteiger partial charge in [0.2, 0.25) is 10.0 Å². The van der Waals surface area contributed by atoms with Crippen molar-refractivity contribution >= 4 is 27.3 Å². The average molecular weight is 434 g/mol. The number of carbonyl (C=O) groups excluding carboxylic acids is 1. The summed E-state index contributed by atoms with van der Waals surface area (Å²) in [5.74, 6) is -0.180. The van der Waals surface area contributed by atoms with Gasteiger partial charge in [-0.25, -0.2) is 13.4 Å². The molecule has 3 aromatic carbocycles. The monoisotopic (exact) mass is 433 g/mol. The van der Waals surface area contributed by atoms with Crippen molar-refractivity contribution in [2.45, 2.75) is 19.4 Å². The van der Waals surface area contributed by atoms with Crippen LogP contribution in [0.15, 0.2) is 90.0 Å². The minimum absolute atomic E-state index is 0.00634. The van der Waals surface area contributed by atoms with Crippen LogP contribution >= 0.6 is 0 Å². The fourth-order valence-electron chi connectivity index (χ4n) is 3.53. The third kappa shape index (κ3) is 4.67. The molecule has 1 aliphatic heterocycles. The third-order valence-corrected chi connectivity index (χ3v) is 6.48. The standard InChI is InChI=1S/C24H23N3O3S/c1-2-31(29,30)26-21-15-9-14-20(16-21)22-17-23(18-10-5-3-6-11-18)27(25-22)24(28)19-12-7-4-8-13-19/h3-16,23,26H,2,17H2,1H3. The minimum atomic E-state index is -3.38. The zero-order chi connectivity index (χ0) is 21.8. The summed E-state index contributed by atoms with van der Waals surface area (Å²) in [6, 6.07) is 25.8. The number of nitrogens with one attached hydrogen (secondary N) is 1. The number of amides is 1. The van der Waals surface area contributed by atoms with E-state index in [1.165, 1.54) is 5.01 Å². The van der Waals surface area contributed by atoms with Gasteiger partial charge in [0, 0.05) is 17.7 Å². The summed E-state index contributed by atoms with van der Waals surface area (Å²) >= 11 is 0. The highest BCUT2D eigenvalue weighted by atomic mass is 32.2. The van der Waals surface area contributed by atoms with Crippen LogP contribution in [-0.4, -0.2) is 30.8 Å². The summed E-state index contributed by atoms with van der Waals surface area (Å²) in [6.45, 7) is 1.59. The Labute approximate surface area is 182 Å². The maximum Gasteiger partial charge on any atom is 0.274 e. The van der Waals surface area contributed by atoms with Crippen LogP contribution in [0, 0.1) is 0 Å². The molecule has 1 aliphatic rings. The van der Waals surface area contributed by atoms with Crippen LogP contribution in [0.5, 0.6) is 0 Å². The molecule has 0 saturated carbocycles. The fraction of sp³-hybridized carbons (Fsp3) is 0.167. The molecule has 0 fully saturated rings. The van der Waals surface area contributed by atoms with Gasteiger partial charge >= 0.3 is 0 Å². The highest BCUT2D eigenvalue weighted by Gasteiger charge is 2.33. The van der Waals surface area contributed by atoms with E-state index in [0.717, 1.165) is 16.8 Å². The van der Waals surface area contributed by atoms with Crippen molar-refractivity contribution in [3.8, 4) is 0 Å². The molecule has 158 valence electrons. The van der Waals surface area contributed by atoms with Crippen molar-refractivity contribution in [1.82, 2.24) is 5.01 Å². The molecule has 0 aliphatic carbocycles. The number of hydrazone groups is 1. The van der Waals surface area contributed by atoms with Gasteiger partial charge in [-0.05, 0) is 42.3 Å². The second-order valence-corrected chi connectivity index (χ2v) is 9.29. The lowest BCUT2D eigenvalue weighted by Crippen LogP contribution is -2.27. The summed E-state index contributed by atoms with van der Waals surface area (Å²) in [4.78, 5) is 13.2. The summed E-state index contributed by atoms with van der Waals surface area (Å²) < 4.78 is 26.5.